The minimum atomic E-state index is -3.67. The Bertz CT molecular complexity index is 496. The van der Waals surface area contributed by atoms with Gasteiger partial charge in [-0.1, -0.05) is 12.1 Å². The molecule has 0 aliphatic rings. The zero-order valence-electron chi connectivity index (χ0n) is 9.38. The third kappa shape index (κ3) is 4.14. The van der Waals surface area contributed by atoms with Gasteiger partial charge in [-0.25, -0.2) is 13.6 Å². The molecule has 0 aliphatic carbocycles. The second-order valence-corrected chi connectivity index (χ2v) is 5.24. The number of carbonyl (C=O) groups is 1. The summed E-state index contributed by atoms with van der Waals surface area (Å²) >= 11 is 0. The van der Waals surface area contributed by atoms with Gasteiger partial charge in [-0.05, 0) is 24.6 Å². The highest BCUT2D eigenvalue weighted by Gasteiger charge is 2.09. The minimum absolute atomic E-state index is 0.0587. The molecule has 1 atom stereocenters. The first-order valence-corrected chi connectivity index (χ1v) is 6.50. The molecule has 6 nitrogen and oxygen atoms in total. The maximum atomic E-state index is 11.0. The molecule has 0 bridgehead atoms. The number of rotatable bonds is 5. The van der Waals surface area contributed by atoms with E-state index in [1.165, 1.54) is 12.1 Å². The van der Waals surface area contributed by atoms with E-state index in [0.29, 0.717) is 0 Å². The van der Waals surface area contributed by atoms with Crippen molar-refractivity contribution < 1.29 is 13.2 Å². The fourth-order valence-electron chi connectivity index (χ4n) is 1.32. The van der Waals surface area contributed by atoms with Crippen molar-refractivity contribution in [2.45, 2.75) is 17.9 Å². The van der Waals surface area contributed by atoms with Crippen LogP contribution in [0.4, 0.5) is 0 Å². The fourth-order valence-corrected chi connectivity index (χ4v) is 1.83. The summed E-state index contributed by atoms with van der Waals surface area (Å²) in [7, 11) is -3.67. The number of primary sulfonamides is 1. The number of benzene rings is 1. The van der Waals surface area contributed by atoms with Gasteiger partial charge in [-0.2, -0.15) is 0 Å². The van der Waals surface area contributed by atoms with Gasteiger partial charge in [0.2, 0.25) is 15.9 Å². The summed E-state index contributed by atoms with van der Waals surface area (Å²) in [4.78, 5) is 10.6. The lowest BCUT2D eigenvalue weighted by molar-refractivity contribution is -0.117. The van der Waals surface area contributed by atoms with Crippen molar-refractivity contribution in [1.82, 2.24) is 5.32 Å². The Labute approximate surface area is 100 Å². The predicted octanol–water partition coefficient (Wildman–Crippen LogP) is -0.530. The second-order valence-electron chi connectivity index (χ2n) is 3.68. The van der Waals surface area contributed by atoms with Crippen LogP contribution in [0.3, 0.4) is 0 Å². The number of hydrogen-bond donors (Lipinski definition) is 3. The maximum absolute atomic E-state index is 11.0. The SMILES string of the molecule is CC(NCC(N)=O)c1ccc(S(N)(=O)=O)cc1. The molecule has 1 rings (SSSR count). The van der Waals surface area contributed by atoms with Gasteiger partial charge in [-0.15, -0.1) is 0 Å². The van der Waals surface area contributed by atoms with Crippen LogP contribution in [0, 0.1) is 0 Å². The maximum Gasteiger partial charge on any atom is 0.238 e. The highest BCUT2D eigenvalue weighted by Crippen LogP contribution is 2.14. The summed E-state index contributed by atoms with van der Waals surface area (Å²) in [5, 5.41) is 7.88. The summed E-state index contributed by atoms with van der Waals surface area (Å²) < 4.78 is 22.1. The minimum Gasteiger partial charge on any atom is -0.369 e. The van der Waals surface area contributed by atoms with Crippen LogP contribution < -0.4 is 16.2 Å². The largest absolute Gasteiger partial charge is 0.369 e. The molecule has 1 amide bonds. The highest BCUT2D eigenvalue weighted by molar-refractivity contribution is 7.89. The number of carbonyl (C=O) groups excluding carboxylic acids is 1. The summed E-state index contributed by atoms with van der Waals surface area (Å²) in [5.74, 6) is -0.446. The number of amides is 1. The molecular formula is C10H15N3O3S. The van der Waals surface area contributed by atoms with E-state index in [4.69, 9.17) is 10.9 Å². The molecule has 1 aromatic rings. The quantitative estimate of drug-likeness (QED) is 0.657. The van der Waals surface area contributed by atoms with Gasteiger partial charge in [0.25, 0.3) is 0 Å². The molecule has 0 aromatic heterocycles. The third-order valence-corrected chi connectivity index (χ3v) is 3.22. The molecule has 0 radical (unpaired) electrons. The Hall–Kier alpha value is -1.44. The molecule has 1 aromatic carbocycles. The lowest BCUT2D eigenvalue weighted by atomic mass is 10.1. The van der Waals surface area contributed by atoms with Crippen LogP contribution in [-0.4, -0.2) is 20.9 Å². The molecule has 0 spiro atoms. The van der Waals surface area contributed by atoms with Crippen molar-refractivity contribution in [3.05, 3.63) is 29.8 Å². The second kappa shape index (κ2) is 5.26. The number of primary amides is 1. The summed E-state index contributed by atoms with van der Waals surface area (Å²) in [6.07, 6.45) is 0. The molecule has 1 unspecified atom stereocenters. The molecule has 5 N–H and O–H groups in total. The molecule has 0 aliphatic heterocycles. The first kappa shape index (κ1) is 13.6. The van der Waals surface area contributed by atoms with Gasteiger partial charge < -0.3 is 11.1 Å². The zero-order valence-corrected chi connectivity index (χ0v) is 10.2. The molecule has 0 saturated heterocycles. The molecule has 7 heteroatoms. The standard InChI is InChI=1S/C10H15N3O3S/c1-7(13-6-10(11)14)8-2-4-9(5-3-8)17(12,15)16/h2-5,7,13H,6H2,1H3,(H2,11,14)(H2,12,15,16). The van der Waals surface area contributed by atoms with Gasteiger partial charge in [0.1, 0.15) is 0 Å². The zero-order chi connectivity index (χ0) is 13.1. The Morgan fingerprint density at radius 2 is 1.88 bits per heavy atom. The van der Waals surface area contributed by atoms with Crippen LogP contribution in [0.15, 0.2) is 29.2 Å². The van der Waals surface area contributed by atoms with E-state index in [0.717, 1.165) is 5.56 Å². The van der Waals surface area contributed by atoms with Crippen molar-refractivity contribution >= 4 is 15.9 Å². The van der Waals surface area contributed by atoms with Gasteiger partial charge in [0, 0.05) is 6.04 Å². The average molecular weight is 257 g/mol. The van der Waals surface area contributed by atoms with Crippen molar-refractivity contribution in [1.29, 1.82) is 0 Å². The van der Waals surface area contributed by atoms with E-state index >= 15 is 0 Å². The van der Waals surface area contributed by atoms with E-state index in [1.807, 2.05) is 6.92 Å². The predicted molar refractivity (Wildman–Crippen MR) is 63.4 cm³/mol. The van der Waals surface area contributed by atoms with Crippen molar-refractivity contribution in [3.63, 3.8) is 0 Å². The van der Waals surface area contributed by atoms with Crippen molar-refractivity contribution in [2.75, 3.05) is 6.54 Å². The van der Waals surface area contributed by atoms with Gasteiger partial charge >= 0.3 is 0 Å². The smallest absolute Gasteiger partial charge is 0.238 e. The van der Waals surface area contributed by atoms with Crippen LogP contribution >= 0.6 is 0 Å². The summed E-state index contributed by atoms with van der Waals surface area (Å²) in [6, 6.07) is 6.02. The monoisotopic (exact) mass is 257 g/mol. The molecule has 0 fully saturated rings. The first-order chi connectivity index (χ1) is 7.80. The van der Waals surface area contributed by atoms with Crippen LogP contribution in [0.2, 0.25) is 0 Å². The van der Waals surface area contributed by atoms with Gasteiger partial charge in [0.15, 0.2) is 0 Å². The van der Waals surface area contributed by atoms with Gasteiger partial charge in [-0.3, -0.25) is 4.79 Å². The topological polar surface area (TPSA) is 115 Å². The van der Waals surface area contributed by atoms with Crippen LogP contribution in [0.1, 0.15) is 18.5 Å². The number of nitrogens with one attached hydrogen (secondary N) is 1. The average Bonchev–Trinajstić information content (AvgIpc) is 2.25. The van der Waals surface area contributed by atoms with E-state index in [9.17, 15) is 13.2 Å². The van der Waals surface area contributed by atoms with Crippen LogP contribution in [0.5, 0.6) is 0 Å². The third-order valence-electron chi connectivity index (χ3n) is 2.29. The molecule has 0 heterocycles. The lowest BCUT2D eigenvalue weighted by Gasteiger charge is -2.13. The fraction of sp³-hybridized carbons (Fsp3) is 0.300. The van der Waals surface area contributed by atoms with Crippen LogP contribution in [0.25, 0.3) is 0 Å². The first-order valence-electron chi connectivity index (χ1n) is 4.95. The Morgan fingerprint density at radius 1 is 1.35 bits per heavy atom. The normalized spacial score (nSPS) is 13.3. The van der Waals surface area contributed by atoms with Gasteiger partial charge in [0.05, 0.1) is 11.4 Å². The van der Waals surface area contributed by atoms with Crippen molar-refractivity contribution in [3.8, 4) is 0 Å². The van der Waals surface area contributed by atoms with Crippen molar-refractivity contribution in [2.24, 2.45) is 10.9 Å². The van der Waals surface area contributed by atoms with E-state index < -0.39 is 15.9 Å². The molecule has 94 valence electrons. The molecule has 17 heavy (non-hydrogen) atoms. The Kier molecular flexibility index (Phi) is 4.22. The summed E-state index contributed by atoms with van der Waals surface area (Å²) in [5.41, 5.74) is 5.85. The number of nitrogens with two attached hydrogens (primary N) is 2. The van der Waals surface area contributed by atoms with Crippen LogP contribution in [-0.2, 0) is 14.8 Å². The Balaban J connectivity index is 2.77. The van der Waals surface area contributed by atoms with E-state index in [1.54, 1.807) is 12.1 Å². The molecular weight excluding hydrogens is 242 g/mol. The number of sulfonamides is 1. The van der Waals surface area contributed by atoms with E-state index in [-0.39, 0.29) is 17.5 Å². The lowest BCUT2D eigenvalue weighted by Crippen LogP contribution is -2.30. The summed E-state index contributed by atoms with van der Waals surface area (Å²) in [6.45, 7) is 1.91. The molecule has 0 saturated carbocycles. The highest BCUT2D eigenvalue weighted by atomic mass is 32.2. The van der Waals surface area contributed by atoms with E-state index in [2.05, 4.69) is 5.32 Å². The number of hydrogen-bond acceptors (Lipinski definition) is 4. The Morgan fingerprint density at radius 3 is 2.29 bits per heavy atom.